The average molecular weight is 512 g/mol. The molecule has 2 aliphatic rings. The molecule has 0 spiro atoms. The number of urea groups is 1. The Kier molecular flexibility index (Phi) is 5.56. The second-order valence-corrected chi connectivity index (χ2v) is 9.17. The normalized spacial score (nSPS) is 18.4. The average Bonchev–Trinajstić information content (AvgIpc) is 3.45. The van der Waals surface area contributed by atoms with E-state index in [4.69, 9.17) is 14.2 Å². The minimum Gasteiger partial charge on any atom is -0.497 e. The van der Waals surface area contributed by atoms with Gasteiger partial charge in [0.25, 0.3) is 5.91 Å². The lowest BCUT2D eigenvalue weighted by Gasteiger charge is -2.36. The van der Waals surface area contributed by atoms with E-state index in [1.54, 1.807) is 49.5 Å². The molecule has 3 amide bonds. The van der Waals surface area contributed by atoms with E-state index in [2.05, 4.69) is 4.98 Å². The summed E-state index contributed by atoms with van der Waals surface area (Å²) in [5.74, 6) is 0.101. The van der Waals surface area contributed by atoms with Crippen molar-refractivity contribution in [1.29, 1.82) is 0 Å². The van der Waals surface area contributed by atoms with Crippen molar-refractivity contribution in [2.24, 2.45) is 0 Å². The number of hydrogen-bond acceptors (Lipinski definition) is 6. The fourth-order valence-corrected chi connectivity index (χ4v) is 5.63. The topological polar surface area (TPSA) is 101 Å². The summed E-state index contributed by atoms with van der Waals surface area (Å²) in [6.07, 6.45) is 0.323. The number of carbonyl (C=O) groups is 3. The van der Waals surface area contributed by atoms with Crippen molar-refractivity contribution in [1.82, 2.24) is 9.88 Å². The summed E-state index contributed by atoms with van der Waals surface area (Å²) in [5, 5.41) is 0.989. The molecule has 4 aromatic rings. The van der Waals surface area contributed by atoms with Crippen molar-refractivity contribution in [3.63, 3.8) is 0 Å². The molecule has 38 heavy (non-hydrogen) atoms. The van der Waals surface area contributed by atoms with Crippen molar-refractivity contribution in [2.75, 3.05) is 26.2 Å². The summed E-state index contributed by atoms with van der Waals surface area (Å²) < 4.78 is 16.1. The lowest BCUT2D eigenvalue weighted by molar-refractivity contribution is -0.120. The lowest BCUT2D eigenvalue weighted by atomic mass is 9.88. The maximum Gasteiger partial charge on any atom is 0.339 e. The number of nitrogens with zero attached hydrogens (tertiary/aromatic N) is 2. The molecule has 1 aromatic heterocycles. The van der Waals surface area contributed by atoms with Gasteiger partial charge in [-0.2, -0.15) is 0 Å². The lowest BCUT2D eigenvalue weighted by Crippen LogP contribution is -2.44. The van der Waals surface area contributed by atoms with Crippen LogP contribution in [0.5, 0.6) is 11.5 Å². The van der Waals surface area contributed by atoms with Gasteiger partial charge >= 0.3 is 12.0 Å². The number of anilines is 1. The summed E-state index contributed by atoms with van der Waals surface area (Å²) >= 11 is 0. The molecule has 6 rings (SSSR count). The first-order chi connectivity index (χ1) is 18.5. The van der Waals surface area contributed by atoms with Gasteiger partial charge in [-0.25, -0.2) is 14.5 Å². The Bertz CT molecular complexity index is 1610. The zero-order chi connectivity index (χ0) is 26.6. The van der Waals surface area contributed by atoms with Crippen LogP contribution in [0, 0.1) is 0 Å². The van der Waals surface area contributed by atoms with E-state index in [1.807, 2.05) is 30.3 Å². The molecule has 3 heterocycles. The minimum absolute atomic E-state index is 0.135. The van der Waals surface area contributed by atoms with Crippen molar-refractivity contribution in [3.05, 3.63) is 89.1 Å². The van der Waals surface area contributed by atoms with E-state index in [1.165, 1.54) is 13.2 Å². The largest absolute Gasteiger partial charge is 0.497 e. The van der Waals surface area contributed by atoms with E-state index in [-0.39, 0.29) is 11.3 Å². The molecule has 9 heteroatoms. The Labute approximate surface area is 218 Å². The SMILES string of the molecule is COC(=O)c1ccccc1N1C(=O)[C@@H]2Cc3c([nH]c4ccccc34)C(c3cc(OC)ccc3OC)N2C1=O. The first-order valence-corrected chi connectivity index (χ1v) is 12.1. The van der Waals surface area contributed by atoms with Crippen LogP contribution in [-0.4, -0.2) is 55.2 Å². The monoisotopic (exact) mass is 511 g/mol. The van der Waals surface area contributed by atoms with E-state index in [0.29, 0.717) is 23.5 Å². The zero-order valence-electron chi connectivity index (χ0n) is 21.1. The molecule has 1 unspecified atom stereocenters. The number of H-pyrrole nitrogens is 1. The van der Waals surface area contributed by atoms with Crippen LogP contribution in [0.3, 0.4) is 0 Å². The second kappa shape index (κ2) is 8.95. The highest BCUT2D eigenvalue weighted by Crippen LogP contribution is 2.47. The van der Waals surface area contributed by atoms with Crippen LogP contribution in [-0.2, 0) is 16.0 Å². The molecule has 0 saturated carbocycles. The number of aromatic amines is 1. The van der Waals surface area contributed by atoms with Gasteiger partial charge < -0.3 is 19.2 Å². The third-order valence-electron chi connectivity index (χ3n) is 7.33. The summed E-state index contributed by atoms with van der Waals surface area (Å²) in [6, 6.07) is 17.7. The Balaban J connectivity index is 1.58. The molecule has 0 radical (unpaired) electrons. The van der Waals surface area contributed by atoms with Gasteiger partial charge in [0, 0.05) is 28.6 Å². The molecule has 9 nitrogen and oxygen atoms in total. The number of methoxy groups -OCH3 is 3. The maximum absolute atomic E-state index is 14.2. The number of aromatic nitrogens is 1. The first kappa shape index (κ1) is 23.6. The molecular weight excluding hydrogens is 486 g/mol. The molecular formula is C29H25N3O6. The third kappa shape index (κ3) is 3.35. The molecule has 0 aliphatic carbocycles. The number of imide groups is 1. The number of fused-ring (bicyclic) bond motifs is 4. The van der Waals surface area contributed by atoms with Gasteiger partial charge in [-0.3, -0.25) is 9.69 Å². The number of ether oxygens (including phenoxy) is 3. The number of amides is 3. The van der Waals surface area contributed by atoms with E-state index >= 15 is 0 Å². The predicted molar refractivity (Wildman–Crippen MR) is 140 cm³/mol. The van der Waals surface area contributed by atoms with Gasteiger partial charge in [0.05, 0.1) is 32.6 Å². The van der Waals surface area contributed by atoms with Gasteiger partial charge in [-0.05, 0) is 42.0 Å². The molecule has 1 fully saturated rings. The van der Waals surface area contributed by atoms with E-state index in [9.17, 15) is 14.4 Å². The van der Waals surface area contributed by atoms with Crippen molar-refractivity contribution in [3.8, 4) is 11.5 Å². The number of rotatable bonds is 5. The zero-order valence-corrected chi connectivity index (χ0v) is 21.1. The number of para-hydroxylation sites is 2. The number of benzene rings is 3. The highest BCUT2D eigenvalue weighted by atomic mass is 16.5. The maximum atomic E-state index is 14.2. The smallest absolute Gasteiger partial charge is 0.339 e. The molecule has 3 aromatic carbocycles. The van der Waals surface area contributed by atoms with Gasteiger partial charge in [0.1, 0.15) is 23.6 Å². The van der Waals surface area contributed by atoms with Crippen molar-refractivity contribution in [2.45, 2.75) is 18.5 Å². The second-order valence-electron chi connectivity index (χ2n) is 9.17. The number of esters is 1. The van der Waals surface area contributed by atoms with Crippen LogP contribution in [0.25, 0.3) is 10.9 Å². The van der Waals surface area contributed by atoms with E-state index in [0.717, 1.165) is 27.1 Å². The van der Waals surface area contributed by atoms with Crippen LogP contribution >= 0.6 is 0 Å². The number of carbonyl (C=O) groups excluding carboxylic acids is 3. The molecule has 192 valence electrons. The minimum atomic E-state index is -0.791. The highest BCUT2D eigenvalue weighted by Gasteiger charge is 2.54. The van der Waals surface area contributed by atoms with Crippen LogP contribution < -0.4 is 14.4 Å². The van der Waals surface area contributed by atoms with Crippen LogP contribution in [0.2, 0.25) is 0 Å². The summed E-state index contributed by atoms with van der Waals surface area (Å²) in [5.41, 5.74) is 3.68. The van der Waals surface area contributed by atoms with Crippen molar-refractivity contribution >= 4 is 34.5 Å². The van der Waals surface area contributed by atoms with Gasteiger partial charge in [-0.1, -0.05) is 30.3 Å². The molecule has 2 atom stereocenters. The number of nitrogens with one attached hydrogen (secondary N) is 1. The standard InChI is InChI=1S/C29H25N3O6/c1-36-16-12-13-24(37-2)20(14-16)26-25-19(17-8-4-6-10-21(17)30-25)15-23-27(33)32(29(35)31(23)26)22-11-7-5-9-18(22)28(34)38-3/h4-14,23,26,30H,15H2,1-3H3/t23-,26?/m0/s1. The molecule has 1 N–H and O–H groups in total. The predicted octanol–water partition coefficient (Wildman–Crippen LogP) is 4.45. The van der Waals surface area contributed by atoms with Gasteiger partial charge in [-0.15, -0.1) is 0 Å². The fraction of sp³-hybridized carbons (Fsp3) is 0.207. The Morgan fingerprint density at radius 2 is 1.71 bits per heavy atom. The first-order valence-electron chi connectivity index (χ1n) is 12.1. The van der Waals surface area contributed by atoms with Crippen LogP contribution in [0.1, 0.15) is 33.2 Å². The Morgan fingerprint density at radius 1 is 0.947 bits per heavy atom. The Morgan fingerprint density at radius 3 is 2.47 bits per heavy atom. The van der Waals surface area contributed by atoms with Gasteiger partial charge in [0.15, 0.2) is 0 Å². The Hall–Kier alpha value is -4.79. The summed E-state index contributed by atoms with van der Waals surface area (Å²) in [6.45, 7) is 0. The van der Waals surface area contributed by atoms with Crippen molar-refractivity contribution < 1.29 is 28.6 Å². The van der Waals surface area contributed by atoms with Crippen LogP contribution in [0.4, 0.5) is 10.5 Å². The highest BCUT2D eigenvalue weighted by molar-refractivity contribution is 6.23. The summed E-state index contributed by atoms with van der Waals surface area (Å²) in [4.78, 5) is 46.8. The number of hydrogen-bond donors (Lipinski definition) is 1. The summed E-state index contributed by atoms with van der Waals surface area (Å²) in [7, 11) is 4.39. The van der Waals surface area contributed by atoms with Crippen LogP contribution in [0.15, 0.2) is 66.7 Å². The third-order valence-corrected chi connectivity index (χ3v) is 7.33. The molecule has 2 aliphatic heterocycles. The van der Waals surface area contributed by atoms with Gasteiger partial charge in [0.2, 0.25) is 0 Å². The quantitative estimate of drug-likeness (QED) is 0.314. The molecule has 0 bridgehead atoms. The van der Waals surface area contributed by atoms with E-state index < -0.39 is 30.0 Å². The molecule has 1 saturated heterocycles. The fourth-order valence-electron chi connectivity index (χ4n) is 5.63.